The Morgan fingerprint density at radius 2 is 2.18 bits per heavy atom. The molecule has 0 spiro atoms. The molecule has 1 amide bonds. The lowest BCUT2D eigenvalue weighted by Gasteiger charge is -2.39. The summed E-state index contributed by atoms with van der Waals surface area (Å²) in [4.78, 5) is 12.0. The van der Waals surface area contributed by atoms with Crippen molar-refractivity contribution in [3.05, 3.63) is 0 Å². The standard InChI is InChI=1S/C14H28N2O/c1-4-11(10-15)9-13(17)16-12-7-5-6-8-14(12,2)3/h11-12H,4-10,15H2,1-3H3,(H,16,17). The first-order chi connectivity index (χ1) is 7.99. The summed E-state index contributed by atoms with van der Waals surface area (Å²) in [6.45, 7) is 7.22. The summed E-state index contributed by atoms with van der Waals surface area (Å²) in [7, 11) is 0. The zero-order chi connectivity index (χ0) is 12.9. The summed E-state index contributed by atoms with van der Waals surface area (Å²) < 4.78 is 0. The van der Waals surface area contributed by atoms with Crippen LogP contribution in [0.3, 0.4) is 0 Å². The second kappa shape index (κ2) is 6.39. The van der Waals surface area contributed by atoms with E-state index in [2.05, 4.69) is 26.1 Å². The zero-order valence-electron chi connectivity index (χ0n) is 11.6. The Morgan fingerprint density at radius 3 is 2.71 bits per heavy atom. The lowest BCUT2D eigenvalue weighted by atomic mass is 9.73. The molecule has 0 radical (unpaired) electrons. The van der Waals surface area contributed by atoms with E-state index >= 15 is 0 Å². The quantitative estimate of drug-likeness (QED) is 0.775. The molecule has 0 saturated heterocycles. The first-order valence-corrected chi connectivity index (χ1v) is 6.99. The van der Waals surface area contributed by atoms with Gasteiger partial charge < -0.3 is 11.1 Å². The highest BCUT2D eigenvalue weighted by atomic mass is 16.1. The molecule has 2 atom stereocenters. The van der Waals surface area contributed by atoms with Crippen molar-refractivity contribution < 1.29 is 4.79 Å². The minimum atomic E-state index is 0.183. The summed E-state index contributed by atoms with van der Waals surface area (Å²) in [6.07, 6.45) is 6.43. The molecule has 3 heteroatoms. The van der Waals surface area contributed by atoms with E-state index < -0.39 is 0 Å². The molecule has 100 valence electrons. The van der Waals surface area contributed by atoms with Crippen LogP contribution in [0.4, 0.5) is 0 Å². The molecular formula is C14H28N2O. The van der Waals surface area contributed by atoms with E-state index in [1.54, 1.807) is 0 Å². The molecular weight excluding hydrogens is 212 g/mol. The van der Waals surface area contributed by atoms with Gasteiger partial charge >= 0.3 is 0 Å². The number of carbonyl (C=O) groups is 1. The molecule has 1 saturated carbocycles. The maximum absolute atomic E-state index is 12.0. The van der Waals surface area contributed by atoms with Gasteiger partial charge in [-0.3, -0.25) is 4.79 Å². The van der Waals surface area contributed by atoms with Gasteiger partial charge in [0.05, 0.1) is 0 Å². The number of nitrogens with two attached hydrogens (primary N) is 1. The summed E-state index contributed by atoms with van der Waals surface area (Å²) in [6, 6.07) is 0.346. The molecule has 0 aromatic heterocycles. The number of hydrogen-bond acceptors (Lipinski definition) is 2. The molecule has 17 heavy (non-hydrogen) atoms. The molecule has 0 aliphatic heterocycles. The van der Waals surface area contributed by atoms with Gasteiger partial charge in [-0.05, 0) is 30.7 Å². The van der Waals surface area contributed by atoms with Crippen LogP contribution in [0.2, 0.25) is 0 Å². The van der Waals surface area contributed by atoms with Crippen molar-refractivity contribution in [2.45, 2.75) is 65.3 Å². The highest BCUT2D eigenvalue weighted by Crippen LogP contribution is 2.35. The van der Waals surface area contributed by atoms with Gasteiger partial charge in [-0.1, -0.05) is 40.0 Å². The highest BCUT2D eigenvalue weighted by molar-refractivity contribution is 5.76. The Balaban J connectivity index is 2.44. The van der Waals surface area contributed by atoms with Gasteiger partial charge in [0, 0.05) is 12.5 Å². The van der Waals surface area contributed by atoms with Crippen LogP contribution in [-0.2, 0) is 4.79 Å². The number of hydrogen-bond donors (Lipinski definition) is 2. The molecule has 3 N–H and O–H groups in total. The lowest BCUT2D eigenvalue weighted by Crippen LogP contribution is -2.47. The summed E-state index contributed by atoms with van der Waals surface area (Å²) in [5, 5.41) is 3.21. The normalized spacial score (nSPS) is 25.3. The molecule has 1 aliphatic rings. The van der Waals surface area contributed by atoms with Crippen molar-refractivity contribution in [2.75, 3.05) is 6.54 Å². The number of amides is 1. The highest BCUT2D eigenvalue weighted by Gasteiger charge is 2.33. The molecule has 0 aromatic rings. The van der Waals surface area contributed by atoms with E-state index in [-0.39, 0.29) is 11.3 Å². The summed E-state index contributed by atoms with van der Waals surface area (Å²) in [5.74, 6) is 0.518. The van der Waals surface area contributed by atoms with E-state index in [0.717, 1.165) is 12.8 Å². The molecule has 3 nitrogen and oxygen atoms in total. The molecule has 0 bridgehead atoms. The van der Waals surface area contributed by atoms with E-state index in [0.29, 0.717) is 24.9 Å². The number of nitrogens with one attached hydrogen (secondary N) is 1. The van der Waals surface area contributed by atoms with Gasteiger partial charge in [0.1, 0.15) is 0 Å². The van der Waals surface area contributed by atoms with E-state index in [1.807, 2.05) is 0 Å². The Kier molecular flexibility index (Phi) is 5.44. The zero-order valence-corrected chi connectivity index (χ0v) is 11.6. The topological polar surface area (TPSA) is 55.1 Å². The fourth-order valence-electron chi connectivity index (χ4n) is 2.67. The van der Waals surface area contributed by atoms with Crippen LogP contribution < -0.4 is 11.1 Å². The Hall–Kier alpha value is -0.570. The van der Waals surface area contributed by atoms with E-state index in [4.69, 9.17) is 5.73 Å². The van der Waals surface area contributed by atoms with Gasteiger partial charge in [-0.15, -0.1) is 0 Å². The van der Waals surface area contributed by atoms with Crippen molar-refractivity contribution in [3.63, 3.8) is 0 Å². The molecule has 1 fully saturated rings. The van der Waals surface area contributed by atoms with Crippen molar-refractivity contribution in [1.29, 1.82) is 0 Å². The Bertz CT molecular complexity index is 247. The third kappa shape index (κ3) is 4.30. The molecule has 2 unspecified atom stereocenters. The van der Waals surface area contributed by atoms with Crippen LogP contribution in [0.15, 0.2) is 0 Å². The van der Waals surface area contributed by atoms with Crippen molar-refractivity contribution in [2.24, 2.45) is 17.1 Å². The average Bonchev–Trinajstić information content (AvgIpc) is 2.28. The van der Waals surface area contributed by atoms with Crippen LogP contribution in [0.5, 0.6) is 0 Å². The lowest BCUT2D eigenvalue weighted by molar-refractivity contribution is -0.123. The van der Waals surface area contributed by atoms with E-state index in [9.17, 15) is 4.79 Å². The van der Waals surface area contributed by atoms with Gasteiger partial charge in [-0.2, -0.15) is 0 Å². The smallest absolute Gasteiger partial charge is 0.220 e. The fraction of sp³-hybridized carbons (Fsp3) is 0.929. The van der Waals surface area contributed by atoms with Crippen LogP contribution in [0.1, 0.15) is 59.3 Å². The third-order valence-corrected chi connectivity index (χ3v) is 4.23. The van der Waals surface area contributed by atoms with Crippen molar-refractivity contribution in [1.82, 2.24) is 5.32 Å². The largest absolute Gasteiger partial charge is 0.353 e. The Labute approximate surface area is 106 Å². The summed E-state index contributed by atoms with van der Waals surface area (Å²) in [5.41, 5.74) is 5.89. The maximum atomic E-state index is 12.0. The summed E-state index contributed by atoms with van der Waals surface area (Å²) >= 11 is 0. The van der Waals surface area contributed by atoms with Gasteiger partial charge in [0.2, 0.25) is 5.91 Å². The Morgan fingerprint density at radius 1 is 1.47 bits per heavy atom. The van der Waals surface area contributed by atoms with Gasteiger partial charge in [0.25, 0.3) is 0 Å². The van der Waals surface area contributed by atoms with E-state index in [1.165, 1.54) is 19.3 Å². The monoisotopic (exact) mass is 240 g/mol. The van der Waals surface area contributed by atoms with Crippen molar-refractivity contribution >= 4 is 5.91 Å². The molecule has 1 rings (SSSR count). The van der Waals surface area contributed by atoms with Crippen molar-refractivity contribution in [3.8, 4) is 0 Å². The first kappa shape index (κ1) is 14.5. The predicted molar refractivity (Wildman–Crippen MR) is 71.6 cm³/mol. The second-order valence-corrected chi connectivity index (χ2v) is 6.07. The van der Waals surface area contributed by atoms with Gasteiger partial charge in [0.15, 0.2) is 0 Å². The minimum absolute atomic E-state index is 0.183. The van der Waals surface area contributed by atoms with Crippen LogP contribution in [0.25, 0.3) is 0 Å². The third-order valence-electron chi connectivity index (χ3n) is 4.23. The average molecular weight is 240 g/mol. The fourth-order valence-corrected chi connectivity index (χ4v) is 2.67. The minimum Gasteiger partial charge on any atom is -0.353 e. The molecule has 1 aliphatic carbocycles. The van der Waals surface area contributed by atoms with Crippen LogP contribution in [-0.4, -0.2) is 18.5 Å². The van der Waals surface area contributed by atoms with Crippen LogP contribution in [0, 0.1) is 11.3 Å². The number of carbonyl (C=O) groups excluding carboxylic acids is 1. The van der Waals surface area contributed by atoms with Gasteiger partial charge in [-0.25, -0.2) is 0 Å². The predicted octanol–water partition coefficient (Wildman–Crippen LogP) is 2.45. The first-order valence-electron chi connectivity index (χ1n) is 6.99. The SMILES string of the molecule is CCC(CN)CC(=O)NC1CCCCC1(C)C. The number of rotatable bonds is 5. The maximum Gasteiger partial charge on any atom is 0.220 e. The second-order valence-electron chi connectivity index (χ2n) is 6.07. The molecule has 0 aromatic carbocycles. The molecule has 0 heterocycles. The van der Waals surface area contributed by atoms with Crippen LogP contribution >= 0.6 is 0 Å².